The first kappa shape index (κ1) is 18.8. The summed E-state index contributed by atoms with van der Waals surface area (Å²) in [6.07, 6.45) is 2.63. The van der Waals surface area contributed by atoms with Crippen LogP contribution in [0.1, 0.15) is 17.1 Å². The van der Waals surface area contributed by atoms with Crippen LogP contribution in [0.15, 0.2) is 38.0 Å². The first-order valence-corrected chi connectivity index (χ1v) is 8.59. The maximum Gasteiger partial charge on any atom is 0.519 e. The van der Waals surface area contributed by atoms with Crippen LogP contribution in [0.3, 0.4) is 0 Å². The van der Waals surface area contributed by atoms with E-state index in [1.807, 2.05) is 38.5 Å². The first-order chi connectivity index (χ1) is 12.9. The third-order valence-electron chi connectivity index (χ3n) is 4.38. The Kier molecular flexibility index (Phi) is 5.36. The molecule has 0 unspecified atom stereocenters. The number of ether oxygens (including phenoxy) is 1. The van der Waals surface area contributed by atoms with Gasteiger partial charge in [-0.2, -0.15) is 0 Å². The number of nitrogens with zero attached hydrogens (tertiary/aromatic N) is 2. The van der Waals surface area contributed by atoms with Crippen LogP contribution in [-0.4, -0.2) is 43.2 Å². The summed E-state index contributed by atoms with van der Waals surface area (Å²) in [6, 6.07) is 5.30. The highest BCUT2D eigenvalue weighted by Gasteiger charge is 2.16. The number of carbonyl (C=O) groups excluding carboxylic acids is 1. The number of methoxy groups -OCH3 is 1. The Morgan fingerprint density at radius 2 is 2.07 bits per heavy atom. The monoisotopic (exact) mass is 373 g/mol. The van der Waals surface area contributed by atoms with Crippen molar-refractivity contribution in [1.82, 2.24) is 14.8 Å². The average Bonchev–Trinajstić information content (AvgIpc) is 3.16. The lowest BCUT2D eigenvalue weighted by atomic mass is 10.1. The van der Waals surface area contributed by atoms with E-state index in [2.05, 4.69) is 10.2 Å². The van der Waals surface area contributed by atoms with E-state index in [9.17, 15) is 9.59 Å². The van der Waals surface area contributed by atoms with E-state index in [0.717, 1.165) is 35.2 Å². The second kappa shape index (κ2) is 7.71. The Hall–Kier alpha value is -3.00. The van der Waals surface area contributed by atoms with Gasteiger partial charge in [0.1, 0.15) is 11.5 Å². The highest BCUT2D eigenvalue weighted by Crippen LogP contribution is 2.26. The van der Waals surface area contributed by atoms with Crippen molar-refractivity contribution in [3.05, 3.63) is 52.1 Å². The summed E-state index contributed by atoms with van der Waals surface area (Å²) in [5.41, 5.74) is 1.84. The lowest BCUT2D eigenvalue weighted by Crippen LogP contribution is -2.27. The molecule has 2 heterocycles. The van der Waals surface area contributed by atoms with Crippen molar-refractivity contribution in [2.75, 3.05) is 27.7 Å². The minimum atomic E-state index is -0.777. The van der Waals surface area contributed by atoms with Gasteiger partial charge in [-0.25, -0.2) is 9.59 Å². The molecule has 0 radical (unpaired) electrons. The summed E-state index contributed by atoms with van der Waals surface area (Å²) in [6.45, 7) is 2.54. The highest BCUT2D eigenvalue weighted by atomic mass is 16.6. The van der Waals surface area contributed by atoms with Crippen LogP contribution >= 0.6 is 0 Å². The maximum atomic E-state index is 12.7. The average molecular weight is 373 g/mol. The minimum Gasteiger partial charge on any atom is -0.497 e. The molecule has 8 heteroatoms. The Morgan fingerprint density at radius 1 is 1.30 bits per heavy atom. The molecular weight excluding hydrogens is 350 g/mol. The standard InChI is InChI=1S/C19H23N3O5/c1-12-17(27-19(24)26-12)10-20-18(23)22-11-13(7-8-21(2)3)15-9-14(25-4)5-6-16(15)22/h5-6,9,11H,7-8,10H2,1-4H3,(H,20,23). The molecule has 0 fully saturated rings. The van der Waals surface area contributed by atoms with Crippen molar-refractivity contribution in [2.24, 2.45) is 0 Å². The summed E-state index contributed by atoms with van der Waals surface area (Å²) >= 11 is 0. The molecule has 0 saturated carbocycles. The van der Waals surface area contributed by atoms with Crippen molar-refractivity contribution in [2.45, 2.75) is 19.9 Å². The van der Waals surface area contributed by atoms with Gasteiger partial charge in [-0.15, -0.1) is 0 Å². The van der Waals surface area contributed by atoms with Crippen LogP contribution in [0.5, 0.6) is 5.75 Å². The number of benzene rings is 1. The molecule has 144 valence electrons. The van der Waals surface area contributed by atoms with E-state index in [-0.39, 0.29) is 12.6 Å². The second-order valence-corrected chi connectivity index (χ2v) is 6.55. The van der Waals surface area contributed by atoms with Gasteiger partial charge in [0.05, 0.1) is 19.2 Å². The fourth-order valence-electron chi connectivity index (χ4n) is 2.89. The molecule has 27 heavy (non-hydrogen) atoms. The van der Waals surface area contributed by atoms with Crippen LogP contribution in [0.25, 0.3) is 10.9 Å². The Labute approximate surface area is 156 Å². The minimum absolute atomic E-state index is 0.0687. The molecule has 3 aromatic rings. The van der Waals surface area contributed by atoms with Crippen molar-refractivity contribution in [1.29, 1.82) is 0 Å². The lowest BCUT2D eigenvalue weighted by Gasteiger charge is -2.08. The predicted molar refractivity (Wildman–Crippen MR) is 100 cm³/mol. The van der Waals surface area contributed by atoms with Gasteiger partial charge in [0.15, 0.2) is 5.76 Å². The Morgan fingerprint density at radius 3 is 2.70 bits per heavy atom. The number of hydrogen-bond acceptors (Lipinski definition) is 6. The first-order valence-electron chi connectivity index (χ1n) is 8.59. The molecule has 0 aliphatic carbocycles. The molecule has 0 saturated heterocycles. The normalized spacial score (nSPS) is 11.3. The fourth-order valence-corrected chi connectivity index (χ4v) is 2.89. The number of aromatic nitrogens is 1. The van der Waals surface area contributed by atoms with Gasteiger partial charge < -0.3 is 23.8 Å². The van der Waals surface area contributed by atoms with E-state index in [1.54, 1.807) is 18.6 Å². The molecule has 1 N–H and O–H groups in total. The van der Waals surface area contributed by atoms with Gasteiger partial charge in [0.2, 0.25) is 0 Å². The zero-order valence-corrected chi connectivity index (χ0v) is 15.9. The topological polar surface area (TPSA) is 89.9 Å². The fraction of sp³-hybridized carbons (Fsp3) is 0.368. The van der Waals surface area contributed by atoms with E-state index in [1.165, 1.54) is 0 Å². The number of fused-ring (bicyclic) bond motifs is 1. The zero-order valence-electron chi connectivity index (χ0n) is 15.9. The smallest absolute Gasteiger partial charge is 0.497 e. The molecule has 8 nitrogen and oxygen atoms in total. The van der Waals surface area contributed by atoms with Crippen LogP contribution < -0.4 is 15.9 Å². The van der Waals surface area contributed by atoms with Crippen molar-refractivity contribution in [3.8, 4) is 5.75 Å². The number of rotatable bonds is 6. The van der Waals surface area contributed by atoms with Gasteiger partial charge in [-0.05, 0) is 51.2 Å². The molecule has 1 aromatic carbocycles. The Bertz CT molecular complexity index is 1010. The number of hydrogen-bond donors (Lipinski definition) is 1. The quantitative estimate of drug-likeness (QED) is 0.713. The van der Waals surface area contributed by atoms with Gasteiger partial charge >= 0.3 is 11.9 Å². The molecule has 0 spiro atoms. The summed E-state index contributed by atoms with van der Waals surface area (Å²) in [5.74, 6) is 0.622. The van der Waals surface area contributed by atoms with E-state index >= 15 is 0 Å². The number of aryl methyl sites for hydroxylation is 1. The molecule has 0 aliphatic rings. The van der Waals surface area contributed by atoms with Crippen LogP contribution in [0.2, 0.25) is 0 Å². The second-order valence-electron chi connectivity index (χ2n) is 6.55. The maximum absolute atomic E-state index is 12.7. The largest absolute Gasteiger partial charge is 0.519 e. The molecule has 3 rings (SSSR count). The van der Waals surface area contributed by atoms with Gasteiger partial charge in [0.25, 0.3) is 0 Å². The molecule has 0 atom stereocenters. The third-order valence-corrected chi connectivity index (χ3v) is 4.38. The highest BCUT2D eigenvalue weighted by molar-refractivity contribution is 5.94. The SMILES string of the molecule is COc1ccc2c(c1)c(CCN(C)C)cn2C(=O)NCc1oc(=O)oc1C. The van der Waals surface area contributed by atoms with Crippen molar-refractivity contribution < 1.29 is 18.4 Å². The summed E-state index contributed by atoms with van der Waals surface area (Å²) in [4.78, 5) is 25.9. The zero-order chi connectivity index (χ0) is 19.6. The molecule has 0 aliphatic heterocycles. The summed E-state index contributed by atoms with van der Waals surface area (Å²) < 4.78 is 16.6. The van der Waals surface area contributed by atoms with Crippen LogP contribution in [-0.2, 0) is 13.0 Å². The Balaban J connectivity index is 1.89. The number of amides is 1. The van der Waals surface area contributed by atoms with E-state index < -0.39 is 5.82 Å². The summed E-state index contributed by atoms with van der Waals surface area (Å²) in [5, 5.41) is 3.73. The van der Waals surface area contributed by atoms with Crippen molar-refractivity contribution in [3.63, 3.8) is 0 Å². The van der Waals surface area contributed by atoms with Gasteiger partial charge in [-0.3, -0.25) is 4.57 Å². The molecule has 2 aromatic heterocycles. The molecular formula is C19H23N3O5. The van der Waals surface area contributed by atoms with Crippen LogP contribution in [0, 0.1) is 6.92 Å². The van der Waals surface area contributed by atoms with Gasteiger partial charge in [0, 0.05) is 18.1 Å². The number of likely N-dealkylation sites (N-methyl/N-ethyl adjacent to an activating group) is 1. The van der Waals surface area contributed by atoms with E-state index in [0.29, 0.717) is 11.5 Å². The summed E-state index contributed by atoms with van der Waals surface area (Å²) in [7, 11) is 5.63. The third kappa shape index (κ3) is 4.06. The predicted octanol–water partition coefficient (Wildman–Crippen LogP) is 2.37. The van der Waals surface area contributed by atoms with E-state index in [4.69, 9.17) is 13.6 Å². The molecule has 1 amide bonds. The molecule has 0 bridgehead atoms. The lowest BCUT2D eigenvalue weighted by molar-refractivity contribution is 0.241. The number of carbonyl (C=O) groups is 1. The number of nitrogens with one attached hydrogen (secondary N) is 1. The van der Waals surface area contributed by atoms with Gasteiger partial charge in [-0.1, -0.05) is 0 Å². The van der Waals surface area contributed by atoms with Crippen molar-refractivity contribution >= 4 is 16.9 Å². The van der Waals surface area contributed by atoms with Crippen LogP contribution in [0.4, 0.5) is 4.79 Å².